The molecule has 0 N–H and O–H groups in total. The first-order valence-electron chi connectivity index (χ1n) is 7.16. The largest absolute Gasteiger partial charge is 0.417 e. The molecule has 0 radical (unpaired) electrons. The predicted octanol–water partition coefficient (Wildman–Crippen LogP) is 3.27. The number of pyridine rings is 1. The zero-order valence-electron chi connectivity index (χ0n) is 11.4. The number of para-hydroxylation sites is 1. The lowest BCUT2D eigenvalue weighted by atomic mass is 10.1. The van der Waals surface area contributed by atoms with Gasteiger partial charge in [0.15, 0.2) is 0 Å². The summed E-state index contributed by atoms with van der Waals surface area (Å²) in [5.74, 6) is 0.486. The van der Waals surface area contributed by atoms with E-state index in [9.17, 15) is 4.79 Å². The molecule has 102 valence electrons. The Kier molecular flexibility index (Phi) is 2.46. The number of ether oxygens (including phenoxy) is 1. The second-order valence-corrected chi connectivity index (χ2v) is 5.52. The summed E-state index contributed by atoms with van der Waals surface area (Å²) in [6, 6.07) is 8.68. The lowest BCUT2D eigenvalue weighted by molar-refractivity contribution is 0.133. The summed E-state index contributed by atoms with van der Waals surface area (Å²) in [6.45, 7) is 2.73. The molecule has 2 aliphatic rings. The summed E-state index contributed by atoms with van der Waals surface area (Å²) in [6.07, 6.45) is 2.85. The molecule has 1 aromatic heterocycles. The van der Waals surface area contributed by atoms with E-state index in [2.05, 4.69) is 36.2 Å². The second kappa shape index (κ2) is 4.20. The first-order chi connectivity index (χ1) is 9.76. The van der Waals surface area contributed by atoms with Crippen molar-refractivity contribution >= 4 is 17.0 Å². The van der Waals surface area contributed by atoms with Crippen LogP contribution in [0.5, 0.6) is 5.88 Å². The molecular weight excluding hydrogens is 252 g/mol. The Morgan fingerprint density at radius 1 is 1.40 bits per heavy atom. The summed E-state index contributed by atoms with van der Waals surface area (Å²) in [5, 5.41) is 1.12. The average Bonchev–Trinajstić information content (AvgIpc) is 3.28. The van der Waals surface area contributed by atoms with Gasteiger partial charge in [0.1, 0.15) is 0 Å². The van der Waals surface area contributed by atoms with Crippen LogP contribution in [-0.2, 0) is 13.0 Å². The molecule has 0 atom stereocenters. The number of carbonyl (C=O) groups is 1. The molecule has 0 unspecified atom stereocenters. The number of hydrogen-bond acceptors (Lipinski definition) is 3. The van der Waals surface area contributed by atoms with Gasteiger partial charge in [0.2, 0.25) is 5.88 Å². The molecule has 0 saturated heterocycles. The van der Waals surface area contributed by atoms with E-state index in [1.165, 1.54) is 5.56 Å². The maximum atomic E-state index is 12.0. The number of fused-ring (bicyclic) bond motifs is 2. The maximum Gasteiger partial charge on any atom is 0.417 e. The standard InChI is InChI=1S/C16H16N2O2/c1-2-10-4-3-5-11-8-12-9-18(13-6-7-13)16(19)20-15(12)17-14(10)11/h3-5,8,13H,2,6-7,9H2,1H3. The van der Waals surface area contributed by atoms with Gasteiger partial charge in [-0.05, 0) is 30.9 Å². The Bertz CT molecular complexity index is 707. The van der Waals surface area contributed by atoms with E-state index in [1.807, 2.05) is 4.90 Å². The van der Waals surface area contributed by atoms with Gasteiger partial charge in [-0.3, -0.25) is 0 Å². The first kappa shape index (κ1) is 11.7. The van der Waals surface area contributed by atoms with Crippen molar-refractivity contribution in [2.75, 3.05) is 0 Å². The van der Waals surface area contributed by atoms with Gasteiger partial charge >= 0.3 is 6.09 Å². The van der Waals surface area contributed by atoms with E-state index < -0.39 is 0 Å². The van der Waals surface area contributed by atoms with Crippen molar-refractivity contribution in [3.05, 3.63) is 35.4 Å². The van der Waals surface area contributed by atoms with E-state index >= 15 is 0 Å². The summed E-state index contributed by atoms with van der Waals surface area (Å²) >= 11 is 0. The third-order valence-corrected chi connectivity index (χ3v) is 4.10. The number of hydrogen-bond donors (Lipinski definition) is 0. The third-order valence-electron chi connectivity index (χ3n) is 4.10. The minimum Gasteiger partial charge on any atom is -0.391 e. The van der Waals surface area contributed by atoms with Gasteiger partial charge in [-0.15, -0.1) is 0 Å². The fraction of sp³-hybridized carbons (Fsp3) is 0.375. The average molecular weight is 268 g/mol. The van der Waals surface area contributed by atoms with Crippen molar-refractivity contribution in [3.63, 3.8) is 0 Å². The van der Waals surface area contributed by atoms with Crippen molar-refractivity contribution < 1.29 is 9.53 Å². The molecule has 0 bridgehead atoms. The summed E-state index contributed by atoms with van der Waals surface area (Å²) in [4.78, 5) is 18.4. The number of nitrogens with zero attached hydrogens (tertiary/aromatic N) is 2. The van der Waals surface area contributed by atoms with Gasteiger partial charge in [-0.1, -0.05) is 25.1 Å². The van der Waals surface area contributed by atoms with E-state index in [0.717, 1.165) is 35.7 Å². The number of rotatable bonds is 2. The SMILES string of the molecule is CCc1cccc2cc3c(nc12)OC(=O)N(C1CC1)C3. The predicted molar refractivity (Wildman–Crippen MR) is 75.7 cm³/mol. The van der Waals surface area contributed by atoms with Crippen LogP contribution in [0.4, 0.5) is 4.79 Å². The zero-order chi connectivity index (χ0) is 13.7. The van der Waals surface area contributed by atoms with Crippen LogP contribution in [0.15, 0.2) is 24.3 Å². The molecule has 0 spiro atoms. The molecule has 1 aliphatic heterocycles. The van der Waals surface area contributed by atoms with E-state index in [-0.39, 0.29) is 6.09 Å². The molecule has 1 saturated carbocycles. The molecule has 4 nitrogen and oxygen atoms in total. The van der Waals surface area contributed by atoms with Crippen molar-refractivity contribution in [1.29, 1.82) is 0 Å². The maximum absolute atomic E-state index is 12.0. The van der Waals surface area contributed by atoms with E-state index in [1.54, 1.807) is 0 Å². The van der Waals surface area contributed by atoms with E-state index in [4.69, 9.17) is 4.74 Å². The monoisotopic (exact) mass is 268 g/mol. The van der Waals surface area contributed by atoms with E-state index in [0.29, 0.717) is 18.5 Å². The number of benzene rings is 1. The molecule has 4 rings (SSSR count). The second-order valence-electron chi connectivity index (χ2n) is 5.52. The molecule has 2 heterocycles. The number of carbonyl (C=O) groups excluding carboxylic acids is 1. The molecule has 1 aliphatic carbocycles. The normalized spacial score (nSPS) is 18.1. The fourth-order valence-corrected chi connectivity index (χ4v) is 2.83. The molecule has 1 amide bonds. The lowest BCUT2D eigenvalue weighted by Gasteiger charge is -2.27. The van der Waals surface area contributed by atoms with Gasteiger partial charge in [-0.25, -0.2) is 9.78 Å². The van der Waals surface area contributed by atoms with Crippen LogP contribution in [0.1, 0.15) is 30.9 Å². The van der Waals surface area contributed by atoms with Gasteiger partial charge in [0.25, 0.3) is 0 Å². The van der Waals surface area contributed by atoms with Gasteiger partial charge in [0, 0.05) is 17.0 Å². The summed E-state index contributed by atoms with van der Waals surface area (Å²) in [7, 11) is 0. The van der Waals surface area contributed by atoms with Gasteiger partial charge < -0.3 is 9.64 Å². The summed E-state index contributed by atoms with van der Waals surface area (Å²) < 4.78 is 5.43. The van der Waals surface area contributed by atoms with Crippen LogP contribution < -0.4 is 4.74 Å². The van der Waals surface area contributed by atoms with Crippen LogP contribution >= 0.6 is 0 Å². The third kappa shape index (κ3) is 1.75. The van der Waals surface area contributed by atoms with Crippen molar-refractivity contribution in [2.45, 2.75) is 38.8 Å². The number of amides is 1. The highest BCUT2D eigenvalue weighted by Crippen LogP contribution is 2.35. The van der Waals surface area contributed by atoms with Crippen LogP contribution in [0, 0.1) is 0 Å². The molecular formula is C16H16N2O2. The molecule has 1 aromatic carbocycles. The lowest BCUT2D eigenvalue weighted by Crippen LogP contribution is -2.38. The highest BCUT2D eigenvalue weighted by molar-refractivity contribution is 5.85. The minimum absolute atomic E-state index is 0.249. The first-order valence-corrected chi connectivity index (χ1v) is 7.16. The van der Waals surface area contributed by atoms with Crippen molar-refractivity contribution in [2.24, 2.45) is 0 Å². The number of aromatic nitrogens is 1. The van der Waals surface area contributed by atoms with Crippen LogP contribution in [0.3, 0.4) is 0 Å². The Balaban J connectivity index is 1.83. The Morgan fingerprint density at radius 3 is 3.00 bits per heavy atom. The van der Waals surface area contributed by atoms with Crippen LogP contribution in [0.25, 0.3) is 10.9 Å². The van der Waals surface area contributed by atoms with Gasteiger partial charge in [0.05, 0.1) is 12.1 Å². The smallest absolute Gasteiger partial charge is 0.391 e. The molecule has 1 fully saturated rings. The fourth-order valence-electron chi connectivity index (χ4n) is 2.83. The molecule has 4 heteroatoms. The highest BCUT2D eigenvalue weighted by Gasteiger charge is 2.37. The zero-order valence-corrected chi connectivity index (χ0v) is 11.4. The minimum atomic E-state index is -0.249. The van der Waals surface area contributed by atoms with Crippen LogP contribution in [-0.4, -0.2) is 22.0 Å². The Morgan fingerprint density at radius 2 is 2.25 bits per heavy atom. The quantitative estimate of drug-likeness (QED) is 0.839. The highest BCUT2D eigenvalue weighted by atomic mass is 16.6. The number of aryl methyl sites for hydroxylation is 1. The van der Waals surface area contributed by atoms with Crippen molar-refractivity contribution in [3.8, 4) is 5.88 Å². The molecule has 20 heavy (non-hydrogen) atoms. The van der Waals surface area contributed by atoms with Crippen LogP contribution in [0.2, 0.25) is 0 Å². The topological polar surface area (TPSA) is 42.4 Å². The summed E-state index contributed by atoms with van der Waals surface area (Å²) in [5.41, 5.74) is 3.14. The Labute approximate surface area is 117 Å². The molecule has 2 aromatic rings. The van der Waals surface area contributed by atoms with Gasteiger partial charge in [-0.2, -0.15) is 0 Å². The van der Waals surface area contributed by atoms with Crippen molar-refractivity contribution in [1.82, 2.24) is 9.88 Å². The Hall–Kier alpha value is -2.10.